The Bertz CT molecular complexity index is 832. The molecule has 2 aromatic rings. The molecule has 1 heterocycles. The van der Waals surface area contributed by atoms with Gasteiger partial charge >= 0.3 is 5.97 Å². The van der Waals surface area contributed by atoms with Gasteiger partial charge in [-0.05, 0) is 30.0 Å². The number of anilines is 1. The summed E-state index contributed by atoms with van der Waals surface area (Å²) in [6, 6.07) is 17.9. The Morgan fingerprint density at radius 3 is 2.62 bits per heavy atom. The third-order valence-corrected chi connectivity index (χ3v) is 5.87. The Balaban J connectivity index is 1.86. The molecule has 1 saturated carbocycles. The Morgan fingerprint density at radius 1 is 1.12 bits per heavy atom. The van der Waals surface area contributed by atoms with Crippen LogP contribution in [0.5, 0.6) is 0 Å². The lowest BCUT2D eigenvalue weighted by Crippen LogP contribution is -2.56. The number of ether oxygens (including phenoxy) is 1. The monoisotopic (exact) mass is 349 g/mol. The topological polar surface area (TPSA) is 46.6 Å². The van der Waals surface area contributed by atoms with Crippen LogP contribution in [0.1, 0.15) is 42.7 Å². The SMILES string of the molecule is COC(=O)[C@]12CCCCC1c1ccccc1N(Cc1ccccc1)C2=O. The zero-order chi connectivity index (χ0) is 18.1. The van der Waals surface area contributed by atoms with E-state index in [-0.39, 0.29) is 17.8 Å². The van der Waals surface area contributed by atoms with E-state index in [1.54, 1.807) is 4.90 Å². The van der Waals surface area contributed by atoms with Gasteiger partial charge in [-0.25, -0.2) is 0 Å². The molecule has 0 aromatic heterocycles. The lowest BCUT2D eigenvalue weighted by atomic mass is 9.60. The highest BCUT2D eigenvalue weighted by Gasteiger charge is 2.59. The van der Waals surface area contributed by atoms with Crippen LogP contribution in [0.4, 0.5) is 5.69 Å². The van der Waals surface area contributed by atoms with E-state index in [2.05, 4.69) is 6.07 Å². The number of hydrogen-bond donors (Lipinski definition) is 0. The first-order valence-corrected chi connectivity index (χ1v) is 9.21. The maximum atomic E-state index is 13.7. The quantitative estimate of drug-likeness (QED) is 0.620. The summed E-state index contributed by atoms with van der Waals surface area (Å²) in [5.74, 6) is -0.601. The number of methoxy groups -OCH3 is 1. The van der Waals surface area contributed by atoms with Crippen molar-refractivity contribution in [2.24, 2.45) is 5.41 Å². The molecule has 1 unspecified atom stereocenters. The standard InChI is InChI=1S/C22H23NO3/c1-26-21(25)22-14-8-7-12-18(22)17-11-5-6-13-19(17)23(20(22)24)15-16-9-3-2-4-10-16/h2-6,9-11,13,18H,7-8,12,14-15H2,1H3/t18?,22-/m1/s1. The molecule has 0 saturated heterocycles. The van der Waals surface area contributed by atoms with E-state index in [1.807, 2.05) is 48.5 Å². The molecular formula is C22H23NO3. The smallest absolute Gasteiger partial charge is 0.322 e. The van der Waals surface area contributed by atoms with E-state index in [0.29, 0.717) is 13.0 Å². The van der Waals surface area contributed by atoms with Crippen molar-refractivity contribution in [2.75, 3.05) is 12.0 Å². The Labute approximate surface area is 153 Å². The number of hydrogen-bond acceptors (Lipinski definition) is 3. The molecule has 0 spiro atoms. The van der Waals surface area contributed by atoms with Crippen molar-refractivity contribution < 1.29 is 14.3 Å². The summed E-state index contributed by atoms with van der Waals surface area (Å²) < 4.78 is 5.15. The predicted octanol–water partition coefficient (Wildman–Crippen LogP) is 4.05. The van der Waals surface area contributed by atoms with Crippen molar-refractivity contribution in [3.63, 3.8) is 0 Å². The van der Waals surface area contributed by atoms with Crippen LogP contribution in [0.15, 0.2) is 54.6 Å². The van der Waals surface area contributed by atoms with Crippen LogP contribution in [-0.2, 0) is 20.9 Å². The van der Waals surface area contributed by atoms with E-state index >= 15 is 0 Å². The number of carbonyl (C=O) groups is 2. The van der Waals surface area contributed by atoms with Crippen molar-refractivity contribution >= 4 is 17.6 Å². The summed E-state index contributed by atoms with van der Waals surface area (Å²) >= 11 is 0. The van der Waals surface area contributed by atoms with Gasteiger partial charge in [-0.1, -0.05) is 61.4 Å². The average Bonchev–Trinajstić information content (AvgIpc) is 2.71. The highest BCUT2D eigenvalue weighted by atomic mass is 16.5. The molecule has 1 aliphatic carbocycles. The average molecular weight is 349 g/mol. The van der Waals surface area contributed by atoms with Gasteiger partial charge in [0.15, 0.2) is 5.41 Å². The summed E-state index contributed by atoms with van der Waals surface area (Å²) in [6.45, 7) is 0.460. The summed E-state index contributed by atoms with van der Waals surface area (Å²) in [6.07, 6.45) is 3.31. The zero-order valence-corrected chi connectivity index (χ0v) is 15.0. The van der Waals surface area contributed by atoms with Crippen LogP contribution in [-0.4, -0.2) is 19.0 Å². The third-order valence-electron chi connectivity index (χ3n) is 5.87. The molecule has 0 bridgehead atoms. The van der Waals surface area contributed by atoms with E-state index in [1.165, 1.54) is 7.11 Å². The van der Waals surface area contributed by atoms with Gasteiger partial charge in [-0.15, -0.1) is 0 Å². The van der Waals surface area contributed by atoms with Gasteiger partial charge in [0.2, 0.25) is 5.91 Å². The van der Waals surface area contributed by atoms with Crippen LogP contribution in [0.2, 0.25) is 0 Å². The fourth-order valence-electron chi connectivity index (χ4n) is 4.66. The molecule has 4 rings (SSSR count). The van der Waals surface area contributed by atoms with Crippen LogP contribution in [0, 0.1) is 5.41 Å². The zero-order valence-electron chi connectivity index (χ0n) is 15.0. The number of carbonyl (C=O) groups excluding carboxylic acids is 2. The van der Waals surface area contributed by atoms with Crippen molar-refractivity contribution in [3.8, 4) is 0 Å². The van der Waals surface area contributed by atoms with Crippen LogP contribution in [0.25, 0.3) is 0 Å². The summed E-state index contributed by atoms with van der Waals surface area (Å²) in [5, 5.41) is 0. The van der Waals surface area contributed by atoms with Crippen molar-refractivity contribution in [1.29, 1.82) is 0 Å². The molecule has 1 aliphatic heterocycles. The maximum Gasteiger partial charge on any atom is 0.322 e. The van der Waals surface area contributed by atoms with Gasteiger partial charge in [-0.2, -0.15) is 0 Å². The summed E-state index contributed by atoms with van der Waals surface area (Å²) in [4.78, 5) is 28.3. The van der Waals surface area contributed by atoms with Gasteiger partial charge < -0.3 is 9.64 Å². The first-order chi connectivity index (χ1) is 12.7. The second-order valence-electron chi connectivity index (χ2n) is 7.20. The predicted molar refractivity (Wildman–Crippen MR) is 99.7 cm³/mol. The number of amides is 1. The molecular weight excluding hydrogens is 326 g/mol. The fraction of sp³-hybridized carbons (Fsp3) is 0.364. The van der Waals surface area contributed by atoms with Gasteiger partial charge in [-0.3, -0.25) is 9.59 Å². The number of benzene rings is 2. The Kier molecular flexibility index (Phi) is 4.27. The maximum absolute atomic E-state index is 13.7. The first-order valence-electron chi connectivity index (χ1n) is 9.21. The second kappa shape index (κ2) is 6.60. The van der Waals surface area contributed by atoms with Crippen molar-refractivity contribution in [3.05, 3.63) is 65.7 Å². The largest absolute Gasteiger partial charge is 0.468 e. The molecule has 0 radical (unpaired) electrons. The normalized spacial score (nSPS) is 24.6. The van der Waals surface area contributed by atoms with E-state index in [9.17, 15) is 9.59 Å². The van der Waals surface area contributed by atoms with E-state index in [4.69, 9.17) is 4.74 Å². The minimum Gasteiger partial charge on any atom is -0.468 e. The number of nitrogens with zero attached hydrogens (tertiary/aromatic N) is 1. The molecule has 134 valence electrons. The lowest BCUT2D eigenvalue weighted by molar-refractivity contribution is -0.162. The second-order valence-corrected chi connectivity index (χ2v) is 7.20. The molecule has 1 amide bonds. The van der Waals surface area contributed by atoms with Gasteiger partial charge in [0.25, 0.3) is 0 Å². The Morgan fingerprint density at radius 2 is 1.85 bits per heavy atom. The summed E-state index contributed by atoms with van der Waals surface area (Å²) in [7, 11) is 1.39. The summed E-state index contributed by atoms with van der Waals surface area (Å²) in [5.41, 5.74) is 1.97. The van der Waals surface area contributed by atoms with Gasteiger partial charge in [0, 0.05) is 11.6 Å². The van der Waals surface area contributed by atoms with Crippen LogP contribution < -0.4 is 4.90 Å². The van der Waals surface area contributed by atoms with Crippen molar-refractivity contribution in [2.45, 2.75) is 38.1 Å². The van der Waals surface area contributed by atoms with Gasteiger partial charge in [0.1, 0.15) is 0 Å². The third kappa shape index (κ3) is 2.44. The lowest BCUT2D eigenvalue weighted by Gasteiger charge is -2.48. The number of fused-ring (bicyclic) bond motifs is 3. The van der Waals surface area contributed by atoms with E-state index < -0.39 is 5.41 Å². The Hall–Kier alpha value is -2.62. The molecule has 2 atom stereocenters. The number of rotatable bonds is 3. The molecule has 1 fully saturated rings. The fourth-order valence-corrected chi connectivity index (χ4v) is 4.66. The van der Waals surface area contributed by atoms with E-state index in [0.717, 1.165) is 36.1 Å². The van der Waals surface area contributed by atoms with Crippen LogP contribution >= 0.6 is 0 Å². The molecule has 26 heavy (non-hydrogen) atoms. The molecule has 4 heteroatoms. The highest BCUT2D eigenvalue weighted by molar-refractivity contribution is 6.13. The molecule has 2 aromatic carbocycles. The van der Waals surface area contributed by atoms with Crippen LogP contribution in [0.3, 0.4) is 0 Å². The minimum atomic E-state index is -1.09. The minimum absolute atomic E-state index is 0.0978. The van der Waals surface area contributed by atoms with Crippen molar-refractivity contribution in [1.82, 2.24) is 0 Å². The highest BCUT2D eigenvalue weighted by Crippen LogP contribution is 2.55. The first kappa shape index (κ1) is 16.8. The number of esters is 1. The van der Waals surface area contributed by atoms with Gasteiger partial charge in [0.05, 0.1) is 13.7 Å². The molecule has 4 nitrogen and oxygen atoms in total. The number of para-hydroxylation sites is 1. The molecule has 2 aliphatic rings. The molecule has 0 N–H and O–H groups in total.